The van der Waals surface area contributed by atoms with E-state index in [9.17, 15) is 9.90 Å². The molecule has 1 aliphatic rings. The normalized spacial score (nSPS) is 12.8. The molecule has 0 saturated heterocycles. The first-order valence-corrected chi connectivity index (χ1v) is 6.36. The van der Waals surface area contributed by atoms with Gasteiger partial charge in [-0.3, -0.25) is 10.2 Å². The van der Waals surface area contributed by atoms with E-state index < -0.39 is 0 Å². The molecular formula is C16H13NO4. The number of carbonyl (C=O) groups excluding carboxylic acids is 1. The van der Waals surface area contributed by atoms with Gasteiger partial charge in [-0.1, -0.05) is 24.3 Å². The zero-order valence-electron chi connectivity index (χ0n) is 11.3. The highest BCUT2D eigenvalue weighted by Gasteiger charge is 2.31. The van der Waals surface area contributed by atoms with Gasteiger partial charge in [-0.2, -0.15) is 0 Å². The number of nitrogens with one attached hydrogen (secondary N) is 1. The Hall–Kier alpha value is -2.66. The summed E-state index contributed by atoms with van der Waals surface area (Å²) in [5.74, 6) is 0.0782. The Morgan fingerprint density at radius 3 is 2.48 bits per heavy atom. The SMILES string of the molecule is COCOc1cccc2c1C(=N)c1c(O)cccc1C2=O. The fourth-order valence-corrected chi connectivity index (χ4v) is 2.48. The van der Waals surface area contributed by atoms with Crippen molar-refractivity contribution in [1.29, 1.82) is 5.41 Å². The molecule has 0 bridgehead atoms. The molecule has 0 aliphatic heterocycles. The van der Waals surface area contributed by atoms with Crippen LogP contribution in [0.3, 0.4) is 0 Å². The van der Waals surface area contributed by atoms with Crippen molar-refractivity contribution in [2.75, 3.05) is 13.9 Å². The van der Waals surface area contributed by atoms with Crippen LogP contribution in [0.1, 0.15) is 27.0 Å². The van der Waals surface area contributed by atoms with Crippen LogP contribution in [0.4, 0.5) is 0 Å². The Labute approximate surface area is 121 Å². The molecule has 2 aromatic carbocycles. The minimum Gasteiger partial charge on any atom is -0.507 e. The van der Waals surface area contributed by atoms with Crippen LogP contribution in [-0.2, 0) is 4.74 Å². The molecule has 5 heteroatoms. The number of carbonyl (C=O) groups is 1. The van der Waals surface area contributed by atoms with E-state index in [1.54, 1.807) is 30.3 Å². The van der Waals surface area contributed by atoms with Gasteiger partial charge in [0.25, 0.3) is 0 Å². The molecular weight excluding hydrogens is 270 g/mol. The second-order valence-corrected chi connectivity index (χ2v) is 4.63. The van der Waals surface area contributed by atoms with E-state index in [1.165, 1.54) is 13.2 Å². The number of hydrogen-bond donors (Lipinski definition) is 2. The Bertz CT molecular complexity index is 752. The van der Waals surface area contributed by atoms with Crippen LogP contribution in [0, 0.1) is 5.41 Å². The summed E-state index contributed by atoms with van der Waals surface area (Å²) in [6.45, 7) is 0.0194. The molecule has 0 spiro atoms. The minimum atomic E-state index is -0.227. The van der Waals surface area contributed by atoms with Crippen LogP contribution < -0.4 is 4.74 Å². The molecule has 0 fully saturated rings. The van der Waals surface area contributed by atoms with Gasteiger partial charge in [-0.15, -0.1) is 0 Å². The maximum Gasteiger partial charge on any atom is 0.194 e. The lowest BCUT2D eigenvalue weighted by Gasteiger charge is -2.22. The number of aromatic hydroxyl groups is 1. The third-order valence-corrected chi connectivity index (χ3v) is 3.39. The van der Waals surface area contributed by atoms with Crippen molar-refractivity contribution >= 4 is 11.5 Å². The molecule has 0 unspecified atom stereocenters. The van der Waals surface area contributed by atoms with Crippen molar-refractivity contribution in [2.45, 2.75) is 0 Å². The van der Waals surface area contributed by atoms with Crippen LogP contribution in [0.15, 0.2) is 36.4 Å². The fraction of sp³-hybridized carbons (Fsp3) is 0.125. The molecule has 21 heavy (non-hydrogen) atoms. The van der Waals surface area contributed by atoms with E-state index >= 15 is 0 Å². The predicted molar refractivity (Wildman–Crippen MR) is 76.4 cm³/mol. The van der Waals surface area contributed by atoms with Gasteiger partial charge < -0.3 is 14.6 Å². The predicted octanol–water partition coefficient (Wildman–Crippen LogP) is 2.34. The quantitative estimate of drug-likeness (QED) is 0.723. The maximum atomic E-state index is 12.5. The van der Waals surface area contributed by atoms with E-state index in [2.05, 4.69) is 0 Å². The summed E-state index contributed by atoms with van der Waals surface area (Å²) in [5.41, 5.74) is 1.42. The van der Waals surface area contributed by atoms with Crippen LogP contribution >= 0.6 is 0 Å². The summed E-state index contributed by atoms with van der Waals surface area (Å²) in [6.07, 6.45) is 0. The number of benzene rings is 2. The Morgan fingerprint density at radius 2 is 1.76 bits per heavy atom. The van der Waals surface area contributed by atoms with Gasteiger partial charge in [0.1, 0.15) is 11.5 Å². The highest BCUT2D eigenvalue weighted by atomic mass is 16.7. The van der Waals surface area contributed by atoms with Gasteiger partial charge in [-0.25, -0.2) is 0 Å². The molecule has 5 nitrogen and oxygen atoms in total. The maximum absolute atomic E-state index is 12.5. The molecule has 1 aliphatic carbocycles. The lowest BCUT2D eigenvalue weighted by molar-refractivity contribution is 0.0509. The number of ketones is 1. The topological polar surface area (TPSA) is 79.6 Å². The van der Waals surface area contributed by atoms with Crippen LogP contribution in [0.2, 0.25) is 0 Å². The van der Waals surface area contributed by atoms with Gasteiger partial charge in [0.2, 0.25) is 0 Å². The molecule has 0 aromatic heterocycles. The van der Waals surface area contributed by atoms with E-state index in [4.69, 9.17) is 14.9 Å². The number of phenolic OH excluding ortho intramolecular Hbond substituents is 1. The Kier molecular flexibility index (Phi) is 3.19. The largest absolute Gasteiger partial charge is 0.507 e. The summed E-state index contributed by atoms with van der Waals surface area (Å²) >= 11 is 0. The minimum absolute atomic E-state index is 0.0194. The highest BCUT2D eigenvalue weighted by molar-refractivity contribution is 6.31. The van der Waals surface area contributed by atoms with E-state index in [0.29, 0.717) is 22.4 Å². The number of hydrogen-bond acceptors (Lipinski definition) is 5. The van der Waals surface area contributed by atoms with Gasteiger partial charge in [0.15, 0.2) is 12.6 Å². The molecule has 2 aromatic rings. The third-order valence-electron chi connectivity index (χ3n) is 3.39. The first-order valence-electron chi connectivity index (χ1n) is 6.36. The lowest BCUT2D eigenvalue weighted by Crippen LogP contribution is -2.22. The molecule has 0 radical (unpaired) electrons. The van der Waals surface area contributed by atoms with Crippen LogP contribution in [-0.4, -0.2) is 30.5 Å². The van der Waals surface area contributed by atoms with Crippen molar-refractivity contribution in [3.8, 4) is 11.5 Å². The summed E-state index contributed by atoms with van der Waals surface area (Å²) in [4.78, 5) is 12.5. The lowest BCUT2D eigenvalue weighted by atomic mass is 9.82. The van der Waals surface area contributed by atoms with Crippen molar-refractivity contribution in [3.05, 3.63) is 58.7 Å². The molecule has 0 saturated carbocycles. The first kappa shape index (κ1) is 13.3. The van der Waals surface area contributed by atoms with Gasteiger partial charge in [-0.05, 0) is 12.1 Å². The second-order valence-electron chi connectivity index (χ2n) is 4.63. The molecule has 0 heterocycles. The zero-order valence-corrected chi connectivity index (χ0v) is 11.3. The number of phenols is 1. The van der Waals surface area contributed by atoms with Crippen molar-refractivity contribution < 1.29 is 19.4 Å². The van der Waals surface area contributed by atoms with Gasteiger partial charge in [0.05, 0.1) is 16.8 Å². The fourth-order valence-electron chi connectivity index (χ4n) is 2.48. The Morgan fingerprint density at radius 1 is 1.10 bits per heavy atom. The summed E-state index contributed by atoms with van der Waals surface area (Å²) in [6, 6.07) is 9.68. The van der Waals surface area contributed by atoms with E-state index in [0.717, 1.165) is 0 Å². The van der Waals surface area contributed by atoms with Gasteiger partial charge in [0, 0.05) is 18.2 Å². The highest BCUT2D eigenvalue weighted by Crippen LogP contribution is 2.36. The van der Waals surface area contributed by atoms with E-state index in [-0.39, 0.29) is 29.6 Å². The number of methoxy groups -OCH3 is 1. The van der Waals surface area contributed by atoms with Crippen molar-refractivity contribution in [3.63, 3.8) is 0 Å². The average molecular weight is 283 g/mol. The summed E-state index contributed by atoms with van der Waals surface area (Å²) < 4.78 is 10.3. The summed E-state index contributed by atoms with van der Waals surface area (Å²) in [5, 5.41) is 18.3. The van der Waals surface area contributed by atoms with E-state index in [1.807, 2.05) is 0 Å². The number of fused-ring (bicyclic) bond motifs is 2. The number of ether oxygens (including phenoxy) is 2. The average Bonchev–Trinajstić information content (AvgIpc) is 2.50. The first-order chi connectivity index (χ1) is 10.1. The monoisotopic (exact) mass is 283 g/mol. The number of rotatable bonds is 3. The zero-order chi connectivity index (χ0) is 15.0. The molecule has 0 atom stereocenters. The summed E-state index contributed by atoms with van der Waals surface area (Å²) in [7, 11) is 1.49. The Balaban J connectivity index is 2.21. The van der Waals surface area contributed by atoms with Gasteiger partial charge >= 0.3 is 0 Å². The molecule has 2 N–H and O–H groups in total. The molecule has 106 valence electrons. The van der Waals surface area contributed by atoms with Crippen molar-refractivity contribution in [1.82, 2.24) is 0 Å². The smallest absolute Gasteiger partial charge is 0.194 e. The van der Waals surface area contributed by atoms with Crippen molar-refractivity contribution in [2.24, 2.45) is 0 Å². The van der Waals surface area contributed by atoms with Crippen LogP contribution in [0.5, 0.6) is 11.5 Å². The standard InChI is InChI=1S/C16H13NO4/c1-20-8-21-12-7-3-5-10-14(12)15(17)13-9(16(10)19)4-2-6-11(13)18/h2-7,17-18H,8H2,1H3. The second kappa shape index (κ2) is 5.03. The van der Waals surface area contributed by atoms with Crippen LogP contribution in [0.25, 0.3) is 0 Å². The molecule has 0 amide bonds. The molecule has 3 rings (SSSR count). The third kappa shape index (κ3) is 1.98.